The number of benzene rings is 2. The molecule has 0 bridgehead atoms. The molecule has 1 heterocycles. The van der Waals surface area contributed by atoms with Crippen molar-refractivity contribution in [2.24, 2.45) is 10.1 Å². The summed E-state index contributed by atoms with van der Waals surface area (Å²) in [4.78, 5) is 17.4. The molecular formula is C19H18N2O2. The van der Waals surface area contributed by atoms with Crippen LogP contribution in [-0.4, -0.2) is 28.0 Å². The maximum absolute atomic E-state index is 12.7. The van der Waals surface area contributed by atoms with Crippen LogP contribution in [0.2, 0.25) is 0 Å². The molecule has 0 saturated carbocycles. The van der Waals surface area contributed by atoms with Gasteiger partial charge in [-0.3, -0.25) is 9.79 Å². The Kier molecular flexibility index (Phi) is 3.82. The van der Waals surface area contributed by atoms with Crippen LogP contribution in [0.5, 0.6) is 0 Å². The molecule has 0 fully saturated rings. The highest BCUT2D eigenvalue weighted by atomic mass is 16.4. The number of nitrogens with zero attached hydrogens (tertiary/aromatic N) is 2. The first kappa shape index (κ1) is 15.2. The van der Waals surface area contributed by atoms with E-state index in [4.69, 9.17) is 0 Å². The first-order valence-electron chi connectivity index (χ1n) is 7.52. The lowest BCUT2D eigenvalue weighted by Crippen LogP contribution is -2.35. The van der Waals surface area contributed by atoms with E-state index in [0.717, 1.165) is 17.5 Å². The largest absolute Gasteiger partial charge is 0.410 e. The summed E-state index contributed by atoms with van der Waals surface area (Å²) in [5.41, 5.74) is 2.51. The van der Waals surface area contributed by atoms with Crippen molar-refractivity contribution in [3.8, 4) is 0 Å². The lowest BCUT2D eigenvalue weighted by Gasteiger charge is -2.28. The molecule has 0 spiro atoms. The number of rotatable bonds is 3. The topological polar surface area (TPSA) is 62.0 Å². The third-order valence-corrected chi connectivity index (χ3v) is 3.89. The van der Waals surface area contributed by atoms with E-state index < -0.39 is 0 Å². The van der Waals surface area contributed by atoms with Crippen molar-refractivity contribution in [3.63, 3.8) is 0 Å². The Balaban J connectivity index is 2.11. The molecule has 0 aliphatic carbocycles. The summed E-state index contributed by atoms with van der Waals surface area (Å²) in [6.45, 7) is 4.01. The van der Waals surface area contributed by atoms with E-state index in [1.165, 1.54) is 0 Å². The van der Waals surface area contributed by atoms with E-state index in [1.54, 1.807) is 24.3 Å². The van der Waals surface area contributed by atoms with Gasteiger partial charge in [0.2, 0.25) is 5.78 Å². The van der Waals surface area contributed by atoms with Crippen LogP contribution in [-0.2, 0) is 6.42 Å². The lowest BCUT2D eigenvalue weighted by molar-refractivity contribution is 0.106. The fourth-order valence-electron chi connectivity index (χ4n) is 2.88. The highest BCUT2D eigenvalue weighted by Gasteiger charge is 2.31. The Morgan fingerprint density at radius 3 is 2.43 bits per heavy atom. The molecule has 1 aliphatic rings. The molecule has 2 aromatic carbocycles. The van der Waals surface area contributed by atoms with E-state index in [0.29, 0.717) is 11.3 Å². The van der Waals surface area contributed by atoms with Crippen molar-refractivity contribution in [1.29, 1.82) is 0 Å². The molecule has 1 aliphatic heterocycles. The second kappa shape index (κ2) is 5.80. The molecule has 3 rings (SSSR count). The average Bonchev–Trinajstić information content (AvgIpc) is 2.55. The summed E-state index contributed by atoms with van der Waals surface area (Å²) in [7, 11) is 0. The van der Waals surface area contributed by atoms with Crippen molar-refractivity contribution < 1.29 is 10.0 Å². The maximum atomic E-state index is 12.7. The zero-order chi connectivity index (χ0) is 16.4. The van der Waals surface area contributed by atoms with Gasteiger partial charge in [-0.1, -0.05) is 59.8 Å². The van der Waals surface area contributed by atoms with Gasteiger partial charge >= 0.3 is 0 Å². The summed E-state index contributed by atoms with van der Waals surface area (Å²) in [5, 5.41) is 12.8. The number of hydrogen-bond acceptors (Lipinski definition) is 4. The minimum absolute atomic E-state index is 0.0172. The summed E-state index contributed by atoms with van der Waals surface area (Å²) in [5.74, 6) is -0.334. The number of ketones is 1. The fraction of sp³-hybridized carbons (Fsp3) is 0.211. The van der Waals surface area contributed by atoms with Crippen LogP contribution in [0.1, 0.15) is 35.3 Å². The summed E-state index contributed by atoms with van der Waals surface area (Å²) >= 11 is 0. The van der Waals surface area contributed by atoms with Gasteiger partial charge in [0.15, 0.2) is 5.71 Å². The molecular weight excluding hydrogens is 288 g/mol. The average molecular weight is 306 g/mol. The van der Waals surface area contributed by atoms with E-state index in [-0.39, 0.29) is 17.0 Å². The number of carbonyl (C=O) groups excluding carboxylic acids is 1. The second-order valence-electron chi connectivity index (χ2n) is 6.25. The third kappa shape index (κ3) is 2.93. The number of carbonyl (C=O) groups is 1. The van der Waals surface area contributed by atoms with Gasteiger partial charge in [-0.2, -0.15) is 0 Å². The number of hydrogen-bond donors (Lipinski definition) is 1. The van der Waals surface area contributed by atoms with E-state index in [9.17, 15) is 10.0 Å². The van der Waals surface area contributed by atoms with Gasteiger partial charge in [-0.15, -0.1) is 0 Å². The van der Waals surface area contributed by atoms with E-state index in [2.05, 4.69) is 10.1 Å². The third-order valence-electron chi connectivity index (χ3n) is 3.89. The zero-order valence-electron chi connectivity index (χ0n) is 13.2. The molecule has 23 heavy (non-hydrogen) atoms. The molecule has 116 valence electrons. The van der Waals surface area contributed by atoms with Gasteiger partial charge in [0.05, 0.1) is 11.3 Å². The standard InChI is InChI=1S/C19H18N2O2/c1-19(2)12-14-10-6-7-11-15(14)16(20-19)17(21-23)18(22)13-8-4-3-5-9-13/h3-11,23H,12H2,1-2H3/b21-17+. The Morgan fingerprint density at radius 1 is 1.09 bits per heavy atom. The molecule has 2 aromatic rings. The Morgan fingerprint density at radius 2 is 1.74 bits per heavy atom. The van der Waals surface area contributed by atoms with Crippen LogP contribution in [0.25, 0.3) is 0 Å². The summed E-state index contributed by atoms with van der Waals surface area (Å²) < 4.78 is 0. The number of fused-ring (bicyclic) bond motifs is 1. The molecule has 0 amide bonds. The van der Waals surface area contributed by atoms with Crippen molar-refractivity contribution in [1.82, 2.24) is 0 Å². The quantitative estimate of drug-likeness (QED) is 0.408. The Labute approximate surface area is 135 Å². The number of Topliss-reactive ketones (excluding diaryl/α,β-unsaturated/α-hetero) is 1. The van der Waals surface area contributed by atoms with E-state index >= 15 is 0 Å². The van der Waals surface area contributed by atoms with Gasteiger partial charge in [-0.05, 0) is 25.8 Å². The first-order valence-corrected chi connectivity index (χ1v) is 7.52. The van der Waals surface area contributed by atoms with Gasteiger partial charge < -0.3 is 5.21 Å². The van der Waals surface area contributed by atoms with Crippen LogP contribution >= 0.6 is 0 Å². The molecule has 0 radical (unpaired) electrons. The number of oxime groups is 1. The van der Waals surface area contributed by atoms with Crippen molar-refractivity contribution in [2.45, 2.75) is 25.8 Å². The van der Waals surface area contributed by atoms with Crippen LogP contribution in [0.15, 0.2) is 64.7 Å². The monoisotopic (exact) mass is 306 g/mol. The maximum Gasteiger partial charge on any atom is 0.216 e. The highest BCUT2D eigenvalue weighted by molar-refractivity contribution is 6.73. The van der Waals surface area contributed by atoms with Crippen LogP contribution in [0, 0.1) is 0 Å². The smallest absolute Gasteiger partial charge is 0.216 e. The van der Waals surface area contributed by atoms with Crippen molar-refractivity contribution >= 4 is 17.2 Å². The normalized spacial score (nSPS) is 16.4. The van der Waals surface area contributed by atoms with Crippen molar-refractivity contribution in [3.05, 3.63) is 71.3 Å². The summed E-state index contributed by atoms with van der Waals surface area (Å²) in [6, 6.07) is 16.6. The van der Waals surface area contributed by atoms with Crippen LogP contribution in [0.4, 0.5) is 0 Å². The Hall–Kier alpha value is -2.75. The zero-order valence-corrected chi connectivity index (χ0v) is 13.2. The molecule has 4 heteroatoms. The van der Waals surface area contributed by atoms with Crippen LogP contribution in [0.3, 0.4) is 0 Å². The molecule has 0 aromatic heterocycles. The van der Waals surface area contributed by atoms with Gasteiger partial charge in [0.1, 0.15) is 0 Å². The molecule has 0 atom stereocenters. The predicted octanol–water partition coefficient (Wildman–Crippen LogP) is 3.52. The predicted molar refractivity (Wildman–Crippen MR) is 90.8 cm³/mol. The molecule has 1 N–H and O–H groups in total. The second-order valence-corrected chi connectivity index (χ2v) is 6.25. The molecule has 0 unspecified atom stereocenters. The van der Waals surface area contributed by atoms with Gasteiger partial charge in [0, 0.05) is 11.1 Å². The SMILES string of the molecule is CC1(C)Cc2ccccc2C(/C(=N\O)C(=O)c2ccccc2)=N1. The molecule has 4 nitrogen and oxygen atoms in total. The minimum atomic E-state index is -0.351. The van der Waals surface area contributed by atoms with Gasteiger partial charge in [-0.25, -0.2) is 0 Å². The Bertz CT molecular complexity index is 805. The minimum Gasteiger partial charge on any atom is -0.410 e. The number of aliphatic imine (C=N–C) groups is 1. The first-order chi connectivity index (χ1) is 11.0. The van der Waals surface area contributed by atoms with E-state index in [1.807, 2.05) is 44.2 Å². The fourth-order valence-corrected chi connectivity index (χ4v) is 2.88. The lowest BCUT2D eigenvalue weighted by atomic mass is 9.84. The van der Waals surface area contributed by atoms with Crippen molar-refractivity contribution in [2.75, 3.05) is 0 Å². The molecule has 0 saturated heterocycles. The summed E-state index contributed by atoms with van der Waals surface area (Å²) in [6.07, 6.45) is 0.783. The van der Waals surface area contributed by atoms with Crippen LogP contribution < -0.4 is 0 Å². The highest BCUT2D eigenvalue weighted by Crippen LogP contribution is 2.27. The van der Waals surface area contributed by atoms with Gasteiger partial charge in [0.25, 0.3) is 0 Å².